The summed E-state index contributed by atoms with van der Waals surface area (Å²) in [6.45, 7) is 0. The summed E-state index contributed by atoms with van der Waals surface area (Å²) < 4.78 is 12.3. The number of fused-ring (bicyclic) bond motifs is 1. The van der Waals surface area contributed by atoms with E-state index in [9.17, 15) is 9.90 Å². The molecule has 29 heavy (non-hydrogen) atoms. The maximum Gasteiger partial charge on any atom is 0.277 e. The Labute approximate surface area is 175 Å². The van der Waals surface area contributed by atoms with Crippen LogP contribution in [0.15, 0.2) is 53.0 Å². The number of carbonyl (C=O) groups excluding carboxylic acids is 1. The Hall–Kier alpha value is -3.23. The first-order chi connectivity index (χ1) is 14.0. The summed E-state index contributed by atoms with van der Waals surface area (Å²) in [4.78, 5) is 17.1. The minimum Gasteiger partial charge on any atom is -0.497 e. The van der Waals surface area contributed by atoms with Crippen molar-refractivity contribution in [2.24, 2.45) is 4.99 Å². The van der Waals surface area contributed by atoms with Gasteiger partial charge in [0.05, 0.1) is 30.1 Å². The Bertz CT molecular complexity index is 1320. The first-order valence-electron chi connectivity index (χ1n) is 8.60. The maximum atomic E-state index is 12.5. The van der Waals surface area contributed by atoms with Crippen molar-refractivity contribution < 1.29 is 19.4 Å². The van der Waals surface area contributed by atoms with E-state index < -0.39 is 0 Å². The van der Waals surface area contributed by atoms with E-state index in [1.54, 1.807) is 67.3 Å². The average molecular weight is 425 g/mol. The van der Waals surface area contributed by atoms with Crippen LogP contribution in [0.5, 0.6) is 17.4 Å². The normalized spacial score (nSPS) is 14.1. The zero-order valence-corrected chi connectivity index (χ0v) is 17.2. The molecule has 8 heteroatoms. The number of methoxy groups -OCH3 is 2. The van der Waals surface area contributed by atoms with E-state index >= 15 is 0 Å². The second-order valence-corrected chi connectivity index (χ2v) is 7.85. The van der Waals surface area contributed by atoms with Crippen molar-refractivity contribution in [2.75, 3.05) is 14.2 Å². The molecule has 1 aliphatic heterocycles. The molecule has 1 N–H and O–H groups in total. The third kappa shape index (κ3) is 3.59. The average Bonchev–Trinajstić information content (AvgIpc) is 3.01. The molecule has 0 atom stereocenters. The number of thiazole rings is 1. The van der Waals surface area contributed by atoms with Crippen molar-refractivity contribution >= 4 is 41.6 Å². The minimum absolute atomic E-state index is 0.0283. The zero-order chi connectivity index (χ0) is 20.5. The van der Waals surface area contributed by atoms with Gasteiger partial charge in [0.15, 0.2) is 3.95 Å². The van der Waals surface area contributed by atoms with Gasteiger partial charge >= 0.3 is 0 Å². The molecule has 2 aromatic carbocycles. The molecule has 0 saturated carbocycles. The topological polar surface area (TPSA) is 73.1 Å². The lowest BCUT2D eigenvalue weighted by molar-refractivity contribution is -0.114. The number of carbonyl (C=O) groups is 1. The fourth-order valence-corrected chi connectivity index (χ4v) is 4.25. The second kappa shape index (κ2) is 7.65. The van der Waals surface area contributed by atoms with E-state index in [0.717, 1.165) is 5.22 Å². The van der Waals surface area contributed by atoms with E-state index in [2.05, 4.69) is 4.99 Å². The Kier molecular flexibility index (Phi) is 5.04. The molecule has 146 valence electrons. The number of ether oxygens (including phenoxy) is 2. The van der Waals surface area contributed by atoms with Crippen LogP contribution in [0.3, 0.4) is 0 Å². The molecule has 0 radical (unpaired) electrons. The van der Waals surface area contributed by atoms with E-state index in [1.165, 1.54) is 11.3 Å². The van der Waals surface area contributed by atoms with Crippen molar-refractivity contribution in [1.29, 1.82) is 0 Å². The summed E-state index contributed by atoms with van der Waals surface area (Å²) in [6.07, 6.45) is 3.35. The molecule has 0 spiro atoms. The van der Waals surface area contributed by atoms with Gasteiger partial charge in [0.2, 0.25) is 5.88 Å². The smallest absolute Gasteiger partial charge is 0.277 e. The summed E-state index contributed by atoms with van der Waals surface area (Å²) in [7, 11) is 3.15. The Balaban J connectivity index is 1.78. The highest BCUT2D eigenvalue weighted by Crippen LogP contribution is 2.32. The van der Waals surface area contributed by atoms with E-state index in [0.29, 0.717) is 36.9 Å². The number of amides is 1. The molecule has 4 rings (SSSR count). The number of rotatable bonds is 4. The Morgan fingerprint density at radius 2 is 1.79 bits per heavy atom. The summed E-state index contributed by atoms with van der Waals surface area (Å²) in [5.41, 5.74) is 1.08. The van der Waals surface area contributed by atoms with Crippen LogP contribution in [0, 0.1) is 3.95 Å². The SMILES string of the molecule is COc1ccc(-n2c(O)c(C=C3C=c4ccc(OC)cc4=NC3=O)sc2=S)cc1. The summed E-state index contributed by atoms with van der Waals surface area (Å²) in [5.74, 6) is 0.921. The molecule has 0 saturated heterocycles. The highest BCUT2D eigenvalue weighted by molar-refractivity contribution is 7.73. The van der Waals surface area contributed by atoms with Gasteiger partial charge in [-0.05, 0) is 60.8 Å². The van der Waals surface area contributed by atoms with E-state index in [1.807, 2.05) is 6.07 Å². The molecular formula is C21H16N2O4S2. The van der Waals surface area contributed by atoms with Gasteiger partial charge in [-0.15, -0.1) is 11.3 Å². The van der Waals surface area contributed by atoms with Crippen molar-refractivity contribution in [3.63, 3.8) is 0 Å². The first-order valence-corrected chi connectivity index (χ1v) is 9.82. The molecule has 0 fully saturated rings. The predicted molar refractivity (Wildman–Crippen MR) is 114 cm³/mol. The molecule has 0 bridgehead atoms. The molecule has 1 aromatic heterocycles. The molecule has 3 aromatic rings. The quantitative estimate of drug-likeness (QED) is 0.515. The van der Waals surface area contributed by atoms with E-state index in [4.69, 9.17) is 21.7 Å². The summed E-state index contributed by atoms with van der Waals surface area (Å²) in [6, 6.07) is 12.5. The third-order valence-electron chi connectivity index (χ3n) is 4.45. The highest BCUT2D eigenvalue weighted by atomic mass is 32.1. The van der Waals surface area contributed by atoms with Gasteiger partial charge in [-0.3, -0.25) is 9.36 Å². The third-order valence-corrected chi connectivity index (χ3v) is 5.76. The van der Waals surface area contributed by atoms with Gasteiger partial charge in [0, 0.05) is 16.9 Å². The van der Waals surface area contributed by atoms with E-state index in [-0.39, 0.29) is 11.8 Å². The lowest BCUT2D eigenvalue weighted by Gasteiger charge is -2.07. The number of nitrogens with zero attached hydrogens (tertiary/aromatic N) is 2. The first kappa shape index (κ1) is 19.1. The largest absolute Gasteiger partial charge is 0.497 e. The van der Waals surface area contributed by atoms with Crippen LogP contribution in [0.25, 0.3) is 17.8 Å². The second-order valence-electron chi connectivity index (χ2n) is 6.17. The Morgan fingerprint density at radius 1 is 1.10 bits per heavy atom. The number of hydrogen-bond donors (Lipinski definition) is 1. The minimum atomic E-state index is -0.388. The lowest BCUT2D eigenvalue weighted by atomic mass is 10.1. The van der Waals surface area contributed by atoms with Gasteiger partial charge in [-0.25, -0.2) is 4.99 Å². The highest BCUT2D eigenvalue weighted by Gasteiger charge is 2.16. The van der Waals surface area contributed by atoms with Crippen LogP contribution in [-0.2, 0) is 4.79 Å². The molecule has 1 aliphatic rings. The molecule has 6 nitrogen and oxygen atoms in total. The lowest BCUT2D eigenvalue weighted by Crippen LogP contribution is -2.30. The predicted octanol–water partition coefficient (Wildman–Crippen LogP) is 3.01. The molecule has 2 heterocycles. The fourth-order valence-electron chi connectivity index (χ4n) is 2.95. The fraction of sp³-hybridized carbons (Fsp3) is 0.0952. The van der Waals surface area contributed by atoms with Gasteiger partial charge in [0.25, 0.3) is 5.91 Å². The van der Waals surface area contributed by atoms with Gasteiger partial charge in [0.1, 0.15) is 11.5 Å². The Morgan fingerprint density at radius 3 is 2.48 bits per heavy atom. The van der Waals surface area contributed by atoms with Gasteiger partial charge < -0.3 is 14.6 Å². The van der Waals surface area contributed by atoms with Crippen LogP contribution in [0.1, 0.15) is 4.88 Å². The number of benzene rings is 2. The summed E-state index contributed by atoms with van der Waals surface area (Å²) in [5, 5.41) is 12.1. The molecular weight excluding hydrogens is 408 g/mol. The molecule has 1 amide bonds. The van der Waals surface area contributed by atoms with Crippen LogP contribution < -0.4 is 20.0 Å². The van der Waals surface area contributed by atoms with Crippen molar-refractivity contribution in [3.8, 4) is 23.1 Å². The van der Waals surface area contributed by atoms with Crippen molar-refractivity contribution in [2.45, 2.75) is 0 Å². The van der Waals surface area contributed by atoms with Gasteiger partial charge in [-0.1, -0.05) is 0 Å². The zero-order valence-electron chi connectivity index (χ0n) is 15.6. The monoisotopic (exact) mass is 424 g/mol. The van der Waals surface area contributed by atoms with Crippen molar-refractivity contribution in [1.82, 2.24) is 4.57 Å². The molecule has 0 aliphatic carbocycles. The van der Waals surface area contributed by atoms with Crippen LogP contribution in [-0.4, -0.2) is 29.8 Å². The van der Waals surface area contributed by atoms with Crippen LogP contribution in [0.2, 0.25) is 0 Å². The van der Waals surface area contributed by atoms with Crippen LogP contribution in [0.4, 0.5) is 0 Å². The summed E-state index contributed by atoms with van der Waals surface area (Å²) >= 11 is 6.64. The van der Waals surface area contributed by atoms with Gasteiger partial charge in [-0.2, -0.15) is 0 Å². The number of hydrogen-bond acceptors (Lipinski definition) is 6. The number of aromatic hydroxyl groups is 1. The molecule has 0 unspecified atom stereocenters. The number of aromatic nitrogens is 1. The standard InChI is InChI=1S/C21H16N2O4S2/c1-26-15-7-4-14(5-8-15)23-20(25)18(29-21(23)28)10-13-9-12-3-6-16(27-2)11-17(12)22-19(13)24/h3-11,25H,1-2H3. The maximum absolute atomic E-state index is 12.5. The van der Waals surface area contributed by atoms with Crippen LogP contribution >= 0.6 is 23.6 Å². The van der Waals surface area contributed by atoms with Crippen molar-refractivity contribution in [3.05, 3.63) is 67.4 Å².